The predicted octanol–water partition coefficient (Wildman–Crippen LogP) is 2.72. The molecule has 0 saturated heterocycles. The van der Waals surface area contributed by atoms with Gasteiger partial charge in [-0.1, -0.05) is 25.1 Å². The van der Waals surface area contributed by atoms with Crippen molar-refractivity contribution < 1.29 is 13.2 Å². The molecule has 2 N–H and O–H groups in total. The maximum atomic E-state index is 12.6. The standard InChI is InChI=1S/C15H14N2O3S/c1-3-12-9-11(10-14(16)20-12)15(17-2)21(18,19)13-7-5-4-6-8-13/h4-10H,3,16H2,1H3/b15-11-. The van der Waals surface area contributed by atoms with E-state index in [1.807, 2.05) is 6.92 Å². The number of nitrogens with zero attached hydrogens (tertiary/aromatic N) is 1. The van der Waals surface area contributed by atoms with E-state index < -0.39 is 9.84 Å². The van der Waals surface area contributed by atoms with Gasteiger partial charge in [0.15, 0.2) is 5.88 Å². The first kappa shape index (κ1) is 14.9. The van der Waals surface area contributed by atoms with Crippen LogP contribution in [-0.2, 0) is 14.6 Å². The molecule has 0 amide bonds. The molecule has 1 aliphatic rings. The highest BCUT2D eigenvalue weighted by molar-refractivity contribution is 7.95. The van der Waals surface area contributed by atoms with E-state index in [0.29, 0.717) is 12.2 Å². The Labute approximate surface area is 123 Å². The van der Waals surface area contributed by atoms with Gasteiger partial charge in [-0.3, -0.25) is 0 Å². The van der Waals surface area contributed by atoms with Crippen molar-refractivity contribution in [1.29, 1.82) is 0 Å². The molecular weight excluding hydrogens is 288 g/mol. The van der Waals surface area contributed by atoms with Crippen molar-refractivity contribution in [3.8, 4) is 0 Å². The Balaban J connectivity index is 2.64. The second kappa shape index (κ2) is 5.85. The zero-order chi connectivity index (χ0) is 15.5. The van der Waals surface area contributed by atoms with E-state index in [1.54, 1.807) is 18.2 Å². The fourth-order valence-corrected chi connectivity index (χ4v) is 3.15. The van der Waals surface area contributed by atoms with Crippen molar-refractivity contribution in [1.82, 2.24) is 0 Å². The molecule has 0 radical (unpaired) electrons. The molecule has 0 atom stereocenters. The summed E-state index contributed by atoms with van der Waals surface area (Å²) in [6, 6.07) is 7.85. The van der Waals surface area contributed by atoms with Crippen molar-refractivity contribution in [3.05, 3.63) is 76.1 Å². The monoisotopic (exact) mass is 302 g/mol. The van der Waals surface area contributed by atoms with Gasteiger partial charge in [-0.2, -0.15) is 0 Å². The quantitative estimate of drug-likeness (QED) is 0.871. The summed E-state index contributed by atoms with van der Waals surface area (Å²) < 4.78 is 30.4. The number of rotatable bonds is 3. The van der Waals surface area contributed by atoms with Crippen LogP contribution < -0.4 is 5.73 Å². The second-order valence-electron chi connectivity index (χ2n) is 4.30. The number of ether oxygens (including phenoxy) is 1. The summed E-state index contributed by atoms with van der Waals surface area (Å²) in [7, 11) is -3.88. The Morgan fingerprint density at radius 3 is 2.52 bits per heavy atom. The molecule has 1 heterocycles. The van der Waals surface area contributed by atoms with Gasteiger partial charge in [0.25, 0.3) is 5.03 Å². The third kappa shape index (κ3) is 2.98. The fraction of sp³-hybridized carbons (Fsp3) is 0.133. The van der Waals surface area contributed by atoms with Crippen molar-refractivity contribution >= 4 is 9.84 Å². The number of hydrogen-bond acceptors (Lipinski definition) is 4. The van der Waals surface area contributed by atoms with Crippen LogP contribution in [-0.4, -0.2) is 8.42 Å². The Morgan fingerprint density at radius 2 is 1.95 bits per heavy atom. The molecule has 0 bridgehead atoms. The Kier molecular flexibility index (Phi) is 4.15. The van der Waals surface area contributed by atoms with Gasteiger partial charge in [0.1, 0.15) is 5.76 Å². The topological polar surface area (TPSA) is 73.8 Å². The van der Waals surface area contributed by atoms with E-state index in [-0.39, 0.29) is 21.4 Å². The van der Waals surface area contributed by atoms with Gasteiger partial charge in [0, 0.05) is 12.0 Å². The molecule has 21 heavy (non-hydrogen) atoms. The molecule has 1 aromatic rings. The lowest BCUT2D eigenvalue weighted by atomic mass is 10.2. The molecule has 0 fully saturated rings. The molecule has 5 nitrogen and oxygen atoms in total. The van der Waals surface area contributed by atoms with E-state index in [1.165, 1.54) is 24.3 Å². The summed E-state index contributed by atoms with van der Waals surface area (Å²) >= 11 is 0. The number of nitrogens with two attached hydrogens (primary N) is 1. The predicted molar refractivity (Wildman–Crippen MR) is 79.0 cm³/mol. The minimum Gasteiger partial charge on any atom is -0.446 e. The highest BCUT2D eigenvalue weighted by Gasteiger charge is 2.25. The summed E-state index contributed by atoms with van der Waals surface area (Å²) in [6.07, 6.45) is 3.44. The zero-order valence-electron chi connectivity index (χ0n) is 11.4. The van der Waals surface area contributed by atoms with Crippen LogP contribution in [0, 0.1) is 6.57 Å². The smallest absolute Gasteiger partial charge is 0.290 e. The van der Waals surface area contributed by atoms with Gasteiger partial charge in [-0.05, 0) is 24.3 Å². The number of benzene rings is 1. The third-order valence-corrected chi connectivity index (χ3v) is 4.60. The van der Waals surface area contributed by atoms with Crippen LogP contribution in [0.3, 0.4) is 0 Å². The molecule has 0 spiro atoms. The van der Waals surface area contributed by atoms with Gasteiger partial charge in [-0.15, -0.1) is 0 Å². The van der Waals surface area contributed by atoms with E-state index in [4.69, 9.17) is 17.0 Å². The normalized spacial score (nSPS) is 17.1. The first-order chi connectivity index (χ1) is 9.98. The summed E-state index contributed by atoms with van der Waals surface area (Å²) in [4.78, 5) is 3.28. The molecule has 0 aliphatic carbocycles. The summed E-state index contributed by atoms with van der Waals surface area (Å²) in [5.74, 6) is 0.600. The molecule has 108 valence electrons. The van der Waals surface area contributed by atoms with Gasteiger partial charge in [-0.25, -0.2) is 13.3 Å². The highest BCUT2D eigenvalue weighted by Crippen LogP contribution is 2.28. The lowest BCUT2D eigenvalue weighted by Gasteiger charge is -2.15. The van der Waals surface area contributed by atoms with Crippen molar-refractivity contribution in [2.24, 2.45) is 5.73 Å². The van der Waals surface area contributed by atoms with Gasteiger partial charge in [0.05, 0.1) is 11.5 Å². The summed E-state index contributed by atoms with van der Waals surface area (Å²) in [5.41, 5.74) is 5.88. The molecule has 1 aromatic carbocycles. The maximum Gasteiger partial charge on any atom is 0.290 e. The molecular formula is C15H14N2O3S. The number of sulfone groups is 1. The molecule has 0 unspecified atom stereocenters. The van der Waals surface area contributed by atoms with Crippen LogP contribution in [0.15, 0.2) is 69.6 Å². The van der Waals surface area contributed by atoms with E-state index >= 15 is 0 Å². The van der Waals surface area contributed by atoms with Crippen molar-refractivity contribution in [3.63, 3.8) is 0 Å². The first-order valence-electron chi connectivity index (χ1n) is 6.26. The van der Waals surface area contributed by atoms with Gasteiger partial charge in [0.2, 0.25) is 9.84 Å². The summed E-state index contributed by atoms with van der Waals surface area (Å²) in [6.45, 7) is 9.09. The van der Waals surface area contributed by atoms with Gasteiger partial charge >= 0.3 is 0 Å². The minimum atomic E-state index is -3.88. The number of allylic oxidation sites excluding steroid dienone is 4. The van der Waals surface area contributed by atoms with Crippen LogP contribution >= 0.6 is 0 Å². The average Bonchev–Trinajstić information content (AvgIpc) is 2.48. The van der Waals surface area contributed by atoms with E-state index in [0.717, 1.165) is 0 Å². The maximum absolute atomic E-state index is 12.6. The largest absolute Gasteiger partial charge is 0.446 e. The van der Waals surface area contributed by atoms with Crippen LogP contribution in [0.25, 0.3) is 4.85 Å². The molecule has 0 aromatic heterocycles. The fourth-order valence-electron chi connectivity index (χ4n) is 1.87. The molecule has 6 heteroatoms. The van der Waals surface area contributed by atoms with Crippen LogP contribution in [0.2, 0.25) is 0 Å². The van der Waals surface area contributed by atoms with E-state index in [2.05, 4.69) is 4.85 Å². The Hall–Kier alpha value is -2.52. The van der Waals surface area contributed by atoms with E-state index in [9.17, 15) is 8.42 Å². The second-order valence-corrected chi connectivity index (χ2v) is 6.17. The Bertz CT molecular complexity index is 782. The van der Waals surface area contributed by atoms with Crippen molar-refractivity contribution in [2.75, 3.05) is 0 Å². The molecule has 0 saturated carbocycles. The minimum absolute atomic E-state index is 0.0772. The van der Waals surface area contributed by atoms with Crippen LogP contribution in [0.5, 0.6) is 0 Å². The van der Waals surface area contributed by atoms with Crippen LogP contribution in [0.4, 0.5) is 0 Å². The first-order valence-corrected chi connectivity index (χ1v) is 7.74. The van der Waals surface area contributed by atoms with Crippen molar-refractivity contribution in [2.45, 2.75) is 18.2 Å². The molecule has 1 aliphatic heterocycles. The summed E-state index contributed by atoms with van der Waals surface area (Å²) in [5, 5.41) is -0.356. The number of hydrogen-bond donors (Lipinski definition) is 1. The average molecular weight is 302 g/mol. The lowest BCUT2D eigenvalue weighted by molar-refractivity contribution is 0.285. The zero-order valence-corrected chi connectivity index (χ0v) is 12.2. The SMILES string of the molecule is [C-]#[N+]/C(=C1/C=C(N)OC(CC)=C1)S(=O)(=O)c1ccccc1. The Morgan fingerprint density at radius 1 is 1.29 bits per heavy atom. The highest BCUT2D eigenvalue weighted by atomic mass is 32.2. The van der Waals surface area contributed by atoms with Crippen LogP contribution in [0.1, 0.15) is 13.3 Å². The lowest BCUT2D eigenvalue weighted by Crippen LogP contribution is -2.10. The van der Waals surface area contributed by atoms with Gasteiger partial charge < -0.3 is 10.5 Å². The third-order valence-electron chi connectivity index (χ3n) is 2.87. The molecule has 2 rings (SSSR count).